The zero-order valence-electron chi connectivity index (χ0n) is 16.8. The van der Waals surface area contributed by atoms with Crippen molar-refractivity contribution in [1.29, 1.82) is 0 Å². The minimum absolute atomic E-state index is 0.0239. The number of piperidine rings is 1. The van der Waals surface area contributed by atoms with Crippen LogP contribution in [0.5, 0.6) is 11.5 Å². The van der Waals surface area contributed by atoms with Crippen molar-refractivity contribution in [3.63, 3.8) is 0 Å². The molecule has 0 aliphatic carbocycles. The van der Waals surface area contributed by atoms with Crippen LogP contribution in [-0.2, 0) is 21.2 Å². The van der Waals surface area contributed by atoms with Crippen molar-refractivity contribution in [3.05, 3.63) is 54.1 Å². The smallest absolute Gasteiger partial charge is 0.312 e. The predicted molar refractivity (Wildman–Crippen MR) is 109 cm³/mol. The molecule has 0 radical (unpaired) electrons. The van der Waals surface area contributed by atoms with Crippen LogP contribution in [0.1, 0.15) is 12.0 Å². The number of aliphatic carboxylic acids is 1. The van der Waals surface area contributed by atoms with Gasteiger partial charge in [0.2, 0.25) is 10.0 Å². The summed E-state index contributed by atoms with van der Waals surface area (Å²) in [5.74, 6) is -0.657. The van der Waals surface area contributed by atoms with E-state index in [-0.39, 0.29) is 36.6 Å². The van der Waals surface area contributed by atoms with Gasteiger partial charge in [-0.1, -0.05) is 30.3 Å². The number of hydrogen-bond donors (Lipinski definition) is 2. The molecule has 1 saturated heterocycles. The first kappa shape index (κ1) is 22.1. The molecule has 1 aliphatic rings. The molecule has 9 heteroatoms. The third kappa shape index (κ3) is 4.00. The Hall–Kier alpha value is -2.62. The lowest BCUT2D eigenvalue weighted by Gasteiger charge is -2.42. The molecule has 0 saturated carbocycles. The molecular formula is C21H25NO7S. The van der Waals surface area contributed by atoms with Crippen molar-refractivity contribution in [2.24, 2.45) is 5.41 Å². The van der Waals surface area contributed by atoms with Crippen LogP contribution < -0.4 is 9.47 Å². The van der Waals surface area contributed by atoms with Crippen molar-refractivity contribution in [3.8, 4) is 11.5 Å². The van der Waals surface area contributed by atoms with Crippen LogP contribution in [-0.4, -0.2) is 62.3 Å². The number of carboxylic acids is 1. The van der Waals surface area contributed by atoms with Crippen LogP contribution in [0.4, 0.5) is 0 Å². The highest BCUT2D eigenvalue weighted by atomic mass is 32.2. The lowest BCUT2D eigenvalue weighted by atomic mass is 9.72. The van der Waals surface area contributed by atoms with E-state index in [9.17, 15) is 23.4 Å². The quantitative estimate of drug-likeness (QED) is 0.681. The van der Waals surface area contributed by atoms with E-state index in [1.54, 1.807) is 30.3 Å². The topological polar surface area (TPSA) is 113 Å². The number of carboxylic acid groups (broad SMARTS) is 1. The molecule has 3 rings (SSSR count). The molecule has 1 aliphatic heterocycles. The summed E-state index contributed by atoms with van der Waals surface area (Å²) in [7, 11) is -1.26. The highest BCUT2D eigenvalue weighted by Gasteiger charge is 2.50. The van der Waals surface area contributed by atoms with Crippen molar-refractivity contribution in [2.75, 3.05) is 27.3 Å². The van der Waals surface area contributed by atoms with Crippen molar-refractivity contribution < 1.29 is 32.9 Å². The van der Waals surface area contributed by atoms with Crippen LogP contribution in [0.2, 0.25) is 0 Å². The van der Waals surface area contributed by atoms with Gasteiger partial charge in [0.25, 0.3) is 0 Å². The Bertz CT molecular complexity index is 1010. The fourth-order valence-corrected chi connectivity index (χ4v) is 5.40. The van der Waals surface area contributed by atoms with E-state index in [1.807, 2.05) is 6.07 Å². The molecule has 2 aromatic rings. The minimum atomic E-state index is -4.04. The van der Waals surface area contributed by atoms with Gasteiger partial charge in [-0.3, -0.25) is 4.79 Å². The Morgan fingerprint density at radius 2 is 1.87 bits per heavy atom. The summed E-state index contributed by atoms with van der Waals surface area (Å²) in [5, 5.41) is 20.7. The number of aliphatic hydroxyl groups excluding tert-OH is 1. The lowest BCUT2D eigenvalue weighted by Crippen LogP contribution is -2.56. The van der Waals surface area contributed by atoms with Gasteiger partial charge in [-0.2, -0.15) is 4.31 Å². The molecule has 0 aromatic heterocycles. The maximum atomic E-state index is 13.3. The van der Waals surface area contributed by atoms with Crippen molar-refractivity contribution in [2.45, 2.75) is 23.8 Å². The highest BCUT2D eigenvalue weighted by Crippen LogP contribution is 2.39. The predicted octanol–water partition coefficient (Wildman–Crippen LogP) is 1.77. The van der Waals surface area contributed by atoms with Gasteiger partial charge in [-0.15, -0.1) is 0 Å². The fourth-order valence-electron chi connectivity index (χ4n) is 3.78. The van der Waals surface area contributed by atoms with Gasteiger partial charge >= 0.3 is 5.97 Å². The zero-order chi connectivity index (χ0) is 21.9. The van der Waals surface area contributed by atoms with Gasteiger partial charge < -0.3 is 19.7 Å². The van der Waals surface area contributed by atoms with E-state index in [2.05, 4.69) is 0 Å². The lowest BCUT2D eigenvalue weighted by molar-refractivity contribution is -0.161. The molecule has 1 heterocycles. The van der Waals surface area contributed by atoms with E-state index in [1.165, 1.54) is 26.4 Å². The number of aliphatic hydroxyl groups is 1. The molecule has 162 valence electrons. The Kier molecular flexibility index (Phi) is 6.35. The summed E-state index contributed by atoms with van der Waals surface area (Å²) in [5.41, 5.74) is -0.698. The minimum Gasteiger partial charge on any atom is -0.497 e. The first-order valence-corrected chi connectivity index (χ1v) is 10.9. The molecule has 1 fully saturated rings. The van der Waals surface area contributed by atoms with Crippen LogP contribution in [0.3, 0.4) is 0 Å². The van der Waals surface area contributed by atoms with Crippen LogP contribution in [0.15, 0.2) is 53.4 Å². The first-order chi connectivity index (χ1) is 14.2. The molecule has 8 nitrogen and oxygen atoms in total. The second kappa shape index (κ2) is 8.63. The summed E-state index contributed by atoms with van der Waals surface area (Å²) in [6.07, 6.45) is -1.29. The highest BCUT2D eigenvalue weighted by molar-refractivity contribution is 7.89. The second-order valence-electron chi connectivity index (χ2n) is 7.27. The van der Waals surface area contributed by atoms with Gasteiger partial charge in [0.15, 0.2) is 0 Å². The standard InChI is InChI=1S/C21H25NO7S/c1-28-16-8-9-17(29-2)18(12-16)30(26,27)22-11-10-21(20(24)25,19(23)14-22)13-15-6-4-3-5-7-15/h3-9,12,19,23H,10-11,13-14H2,1-2H3,(H,24,25)/t19-,21+/m0/s1. The molecule has 2 atom stereocenters. The number of benzene rings is 2. The van der Waals surface area contributed by atoms with E-state index >= 15 is 0 Å². The molecule has 0 unspecified atom stereocenters. The molecule has 0 spiro atoms. The zero-order valence-corrected chi connectivity index (χ0v) is 17.6. The van der Waals surface area contributed by atoms with Gasteiger partial charge in [0.05, 0.1) is 20.3 Å². The normalized spacial score (nSPS) is 22.4. The number of sulfonamides is 1. The third-order valence-electron chi connectivity index (χ3n) is 5.60. The maximum Gasteiger partial charge on any atom is 0.312 e. The van der Waals surface area contributed by atoms with Gasteiger partial charge in [0.1, 0.15) is 21.8 Å². The van der Waals surface area contributed by atoms with Crippen LogP contribution >= 0.6 is 0 Å². The molecular weight excluding hydrogens is 410 g/mol. The monoisotopic (exact) mass is 435 g/mol. The number of hydrogen-bond acceptors (Lipinski definition) is 6. The number of nitrogens with zero attached hydrogens (tertiary/aromatic N) is 1. The maximum absolute atomic E-state index is 13.3. The molecule has 30 heavy (non-hydrogen) atoms. The van der Waals surface area contributed by atoms with Gasteiger partial charge in [-0.25, -0.2) is 8.42 Å². The molecule has 0 amide bonds. The average molecular weight is 435 g/mol. The SMILES string of the molecule is COc1ccc(OC)c(S(=O)(=O)N2CC[C@](Cc3ccccc3)(C(=O)O)[C@@H](O)C2)c1. The van der Waals surface area contributed by atoms with E-state index < -0.39 is 27.5 Å². The summed E-state index contributed by atoms with van der Waals surface area (Å²) in [6.45, 7) is -0.374. The number of β-amino-alcohol motifs (C(OH)–C–C–N with tert-alkyl or cyclic N) is 1. The van der Waals surface area contributed by atoms with Crippen molar-refractivity contribution >= 4 is 16.0 Å². The van der Waals surface area contributed by atoms with E-state index in [0.717, 1.165) is 9.87 Å². The summed E-state index contributed by atoms with van der Waals surface area (Å²) in [6, 6.07) is 13.4. The number of methoxy groups -OCH3 is 2. The van der Waals surface area contributed by atoms with E-state index in [4.69, 9.17) is 9.47 Å². The van der Waals surface area contributed by atoms with Gasteiger partial charge in [-0.05, 0) is 30.5 Å². The largest absolute Gasteiger partial charge is 0.497 e. The molecule has 2 N–H and O–H groups in total. The summed E-state index contributed by atoms with van der Waals surface area (Å²) in [4.78, 5) is 12.0. The first-order valence-electron chi connectivity index (χ1n) is 9.42. The Morgan fingerprint density at radius 3 is 2.43 bits per heavy atom. The number of rotatable bonds is 7. The van der Waals surface area contributed by atoms with E-state index in [0.29, 0.717) is 5.75 Å². The Balaban J connectivity index is 1.91. The number of carbonyl (C=O) groups is 1. The molecule has 0 bridgehead atoms. The Labute approximate surface area is 175 Å². The number of ether oxygens (including phenoxy) is 2. The second-order valence-corrected chi connectivity index (χ2v) is 9.18. The van der Waals surface area contributed by atoms with Crippen LogP contribution in [0, 0.1) is 5.41 Å². The molecule has 2 aromatic carbocycles. The Morgan fingerprint density at radius 1 is 1.17 bits per heavy atom. The third-order valence-corrected chi connectivity index (χ3v) is 7.49. The summed E-state index contributed by atoms with van der Waals surface area (Å²) < 4.78 is 37.9. The van der Waals surface area contributed by atoms with Crippen molar-refractivity contribution in [1.82, 2.24) is 4.31 Å². The fraction of sp³-hybridized carbons (Fsp3) is 0.381. The average Bonchev–Trinajstić information content (AvgIpc) is 2.75. The van der Waals surface area contributed by atoms with Crippen LogP contribution in [0.25, 0.3) is 0 Å². The summed E-state index contributed by atoms with van der Waals surface area (Å²) >= 11 is 0. The van der Waals surface area contributed by atoms with Gasteiger partial charge in [0, 0.05) is 19.2 Å².